The van der Waals surface area contributed by atoms with Gasteiger partial charge in [0.2, 0.25) is 0 Å². The van der Waals surface area contributed by atoms with E-state index in [9.17, 15) is 4.79 Å². The molecular weight excluding hydrogens is 267 g/mol. The molecule has 2 nitrogen and oxygen atoms in total. The average Bonchev–Trinajstić information content (AvgIpc) is 2.81. The smallest absolute Gasteiger partial charge is 0.314 e. The highest BCUT2D eigenvalue weighted by Gasteiger charge is 2.51. The molecular formula is C10H8BrClO2. The van der Waals surface area contributed by atoms with Crippen molar-refractivity contribution in [3.05, 3.63) is 33.3 Å². The van der Waals surface area contributed by atoms with Crippen molar-refractivity contribution in [3.63, 3.8) is 0 Å². The van der Waals surface area contributed by atoms with Gasteiger partial charge in [0.25, 0.3) is 0 Å². The number of hydrogen-bond acceptors (Lipinski definition) is 1. The third kappa shape index (κ3) is 1.55. The Balaban J connectivity index is 2.47. The van der Waals surface area contributed by atoms with Crippen LogP contribution in [0.15, 0.2) is 22.7 Å². The molecule has 1 fully saturated rings. The normalized spacial score (nSPS) is 17.9. The van der Waals surface area contributed by atoms with Crippen LogP contribution in [0.25, 0.3) is 0 Å². The number of carboxylic acids is 1. The molecule has 74 valence electrons. The number of benzene rings is 1. The second-order valence-corrected chi connectivity index (χ2v) is 4.90. The monoisotopic (exact) mass is 274 g/mol. The van der Waals surface area contributed by atoms with Crippen LogP contribution >= 0.6 is 27.5 Å². The molecule has 0 aliphatic heterocycles. The van der Waals surface area contributed by atoms with Gasteiger partial charge in [0.05, 0.1) is 5.41 Å². The van der Waals surface area contributed by atoms with Crippen LogP contribution in [-0.4, -0.2) is 11.1 Å². The van der Waals surface area contributed by atoms with E-state index < -0.39 is 11.4 Å². The zero-order chi connectivity index (χ0) is 10.3. The highest BCUT2D eigenvalue weighted by Crippen LogP contribution is 2.49. The van der Waals surface area contributed by atoms with E-state index in [1.165, 1.54) is 0 Å². The minimum Gasteiger partial charge on any atom is -0.481 e. The number of carboxylic acid groups (broad SMARTS) is 1. The van der Waals surface area contributed by atoms with E-state index in [4.69, 9.17) is 16.7 Å². The molecule has 0 spiro atoms. The van der Waals surface area contributed by atoms with Gasteiger partial charge in [0, 0.05) is 9.50 Å². The molecule has 0 aromatic heterocycles. The fraction of sp³-hybridized carbons (Fsp3) is 0.300. The third-order valence-electron chi connectivity index (χ3n) is 2.57. The molecule has 4 heteroatoms. The summed E-state index contributed by atoms with van der Waals surface area (Å²) in [5, 5.41) is 9.65. The lowest BCUT2D eigenvalue weighted by Crippen LogP contribution is -2.19. The predicted molar refractivity (Wildman–Crippen MR) is 57.7 cm³/mol. The largest absolute Gasteiger partial charge is 0.481 e. The SMILES string of the molecule is O=C(O)C1(c2cc(Cl)cc(Br)c2)CC1. The summed E-state index contributed by atoms with van der Waals surface area (Å²) in [4.78, 5) is 11.0. The van der Waals surface area contributed by atoms with E-state index in [0.29, 0.717) is 17.9 Å². The molecule has 1 aromatic carbocycles. The summed E-state index contributed by atoms with van der Waals surface area (Å²) in [6.45, 7) is 0. The number of halogens is 2. The minimum absolute atomic E-state index is 0.571. The highest BCUT2D eigenvalue weighted by molar-refractivity contribution is 9.10. The molecule has 0 saturated heterocycles. The Kier molecular flexibility index (Phi) is 2.32. The Labute approximate surface area is 95.0 Å². The zero-order valence-corrected chi connectivity index (χ0v) is 9.60. The number of hydrogen-bond donors (Lipinski definition) is 1. The standard InChI is InChI=1S/C10H8BrClO2/c11-7-3-6(4-8(12)5-7)10(1-2-10)9(13)14/h3-5H,1-2H2,(H,13,14). The second kappa shape index (κ2) is 3.24. The van der Waals surface area contributed by atoms with Gasteiger partial charge < -0.3 is 5.11 Å². The number of rotatable bonds is 2. The van der Waals surface area contributed by atoms with Crippen LogP contribution in [0.4, 0.5) is 0 Å². The van der Waals surface area contributed by atoms with Crippen molar-refractivity contribution in [2.24, 2.45) is 0 Å². The Bertz CT molecular complexity index is 379. The van der Waals surface area contributed by atoms with E-state index in [1.807, 2.05) is 6.07 Å². The van der Waals surface area contributed by atoms with Crippen molar-refractivity contribution in [1.29, 1.82) is 0 Å². The maximum atomic E-state index is 11.0. The van der Waals surface area contributed by atoms with E-state index in [0.717, 1.165) is 10.0 Å². The molecule has 1 saturated carbocycles. The molecule has 2 rings (SSSR count). The van der Waals surface area contributed by atoms with Crippen LogP contribution in [0.5, 0.6) is 0 Å². The molecule has 1 N–H and O–H groups in total. The summed E-state index contributed by atoms with van der Waals surface area (Å²) in [6.07, 6.45) is 1.41. The fourth-order valence-electron chi connectivity index (χ4n) is 1.58. The quantitative estimate of drug-likeness (QED) is 0.900. The van der Waals surface area contributed by atoms with Crippen molar-refractivity contribution in [3.8, 4) is 0 Å². The van der Waals surface area contributed by atoms with Gasteiger partial charge in [-0.3, -0.25) is 4.79 Å². The van der Waals surface area contributed by atoms with Gasteiger partial charge in [-0.1, -0.05) is 27.5 Å². The van der Waals surface area contributed by atoms with Crippen LogP contribution in [-0.2, 0) is 10.2 Å². The average molecular weight is 276 g/mol. The molecule has 1 aliphatic carbocycles. The molecule has 0 radical (unpaired) electrons. The van der Waals surface area contributed by atoms with E-state index in [1.54, 1.807) is 12.1 Å². The maximum absolute atomic E-state index is 11.0. The summed E-state index contributed by atoms with van der Waals surface area (Å²) < 4.78 is 0.826. The number of carbonyl (C=O) groups is 1. The summed E-state index contributed by atoms with van der Waals surface area (Å²) >= 11 is 9.17. The summed E-state index contributed by atoms with van der Waals surface area (Å²) in [7, 11) is 0. The van der Waals surface area contributed by atoms with Crippen molar-refractivity contribution in [2.75, 3.05) is 0 Å². The first-order valence-corrected chi connectivity index (χ1v) is 5.42. The molecule has 14 heavy (non-hydrogen) atoms. The van der Waals surface area contributed by atoms with Crippen LogP contribution in [0.1, 0.15) is 18.4 Å². The topological polar surface area (TPSA) is 37.3 Å². The van der Waals surface area contributed by atoms with E-state index in [2.05, 4.69) is 15.9 Å². The lowest BCUT2D eigenvalue weighted by Gasteiger charge is -2.10. The maximum Gasteiger partial charge on any atom is 0.314 e. The highest BCUT2D eigenvalue weighted by atomic mass is 79.9. The Hall–Kier alpha value is -0.540. The third-order valence-corrected chi connectivity index (χ3v) is 3.25. The van der Waals surface area contributed by atoms with E-state index >= 15 is 0 Å². The Morgan fingerprint density at radius 2 is 2.07 bits per heavy atom. The molecule has 0 bridgehead atoms. The number of aliphatic carboxylic acids is 1. The van der Waals surface area contributed by atoms with Gasteiger partial charge in [0.15, 0.2) is 0 Å². The lowest BCUT2D eigenvalue weighted by molar-refractivity contribution is -0.140. The van der Waals surface area contributed by atoms with Gasteiger partial charge in [-0.25, -0.2) is 0 Å². The molecule has 1 aliphatic rings. The predicted octanol–water partition coefficient (Wildman–Crippen LogP) is 3.22. The van der Waals surface area contributed by atoms with Crippen molar-refractivity contribution in [2.45, 2.75) is 18.3 Å². The first kappa shape index (κ1) is 9.99. The minimum atomic E-state index is -0.758. The Morgan fingerprint density at radius 3 is 2.50 bits per heavy atom. The van der Waals surface area contributed by atoms with Crippen molar-refractivity contribution in [1.82, 2.24) is 0 Å². The first-order chi connectivity index (χ1) is 6.54. The summed E-state index contributed by atoms with van der Waals surface area (Å²) in [5.41, 5.74) is 0.123. The summed E-state index contributed by atoms with van der Waals surface area (Å²) in [6, 6.07) is 5.31. The van der Waals surface area contributed by atoms with Gasteiger partial charge in [-0.05, 0) is 36.6 Å². The zero-order valence-electron chi connectivity index (χ0n) is 7.26. The van der Waals surface area contributed by atoms with Crippen LogP contribution in [0.3, 0.4) is 0 Å². The molecule has 0 atom stereocenters. The molecule has 0 unspecified atom stereocenters. The second-order valence-electron chi connectivity index (χ2n) is 3.55. The molecule has 0 amide bonds. The van der Waals surface area contributed by atoms with Gasteiger partial charge in [-0.15, -0.1) is 0 Å². The van der Waals surface area contributed by atoms with Crippen LogP contribution in [0.2, 0.25) is 5.02 Å². The molecule has 0 heterocycles. The van der Waals surface area contributed by atoms with Gasteiger partial charge >= 0.3 is 5.97 Å². The van der Waals surface area contributed by atoms with Crippen LogP contribution < -0.4 is 0 Å². The molecule has 1 aromatic rings. The first-order valence-electron chi connectivity index (χ1n) is 4.24. The van der Waals surface area contributed by atoms with Crippen molar-refractivity contribution < 1.29 is 9.90 Å². The van der Waals surface area contributed by atoms with Crippen molar-refractivity contribution >= 4 is 33.5 Å². The van der Waals surface area contributed by atoms with Gasteiger partial charge in [-0.2, -0.15) is 0 Å². The lowest BCUT2D eigenvalue weighted by atomic mass is 9.96. The Morgan fingerprint density at radius 1 is 1.43 bits per heavy atom. The summed E-state index contributed by atoms with van der Waals surface area (Å²) in [5.74, 6) is -0.758. The van der Waals surface area contributed by atoms with Gasteiger partial charge in [0.1, 0.15) is 0 Å². The fourth-order valence-corrected chi connectivity index (χ4v) is 2.44. The van der Waals surface area contributed by atoms with Crippen LogP contribution in [0, 0.1) is 0 Å². The van der Waals surface area contributed by atoms with E-state index in [-0.39, 0.29) is 0 Å².